The zero-order valence-corrected chi connectivity index (χ0v) is 7.25. The van der Waals surface area contributed by atoms with E-state index in [4.69, 9.17) is 15.6 Å². The number of carbonyl (C=O) groups is 1. The summed E-state index contributed by atoms with van der Waals surface area (Å²) < 4.78 is 4.87. The molecule has 5 heteroatoms. The van der Waals surface area contributed by atoms with Crippen molar-refractivity contribution in [2.75, 3.05) is 26.4 Å². The molecule has 0 rings (SSSR count). The number of nitrogens with one attached hydrogen (secondary N) is 1. The molecular weight excluding hydrogens is 160 g/mol. The van der Waals surface area contributed by atoms with E-state index in [1.54, 1.807) is 6.92 Å². The van der Waals surface area contributed by atoms with Crippen molar-refractivity contribution in [1.29, 1.82) is 0 Å². The van der Waals surface area contributed by atoms with Gasteiger partial charge >= 0.3 is 0 Å². The highest BCUT2D eigenvalue weighted by molar-refractivity contribution is 5.77. The first-order valence-corrected chi connectivity index (χ1v) is 3.88. The van der Waals surface area contributed by atoms with Crippen LogP contribution in [-0.2, 0) is 9.53 Å². The highest BCUT2D eigenvalue weighted by Gasteiger charge is 2.04. The van der Waals surface area contributed by atoms with Crippen molar-refractivity contribution in [2.45, 2.75) is 13.0 Å². The summed E-state index contributed by atoms with van der Waals surface area (Å²) >= 11 is 0. The molecule has 0 bridgehead atoms. The molecule has 0 fully saturated rings. The molecule has 0 aliphatic heterocycles. The quantitative estimate of drug-likeness (QED) is 0.428. The van der Waals surface area contributed by atoms with Gasteiger partial charge in [-0.3, -0.25) is 4.79 Å². The summed E-state index contributed by atoms with van der Waals surface area (Å²) in [7, 11) is 0. The van der Waals surface area contributed by atoms with E-state index in [0.29, 0.717) is 13.2 Å². The van der Waals surface area contributed by atoms with Crippen LogP contribution in [0.3, 0.4) is 0 Å². The van der Waals surface area contributed by atoms with Crippen LogP contribution < -0.4 is 11.1 Å². The van der Waals surface area contributed by atoms with Crippen molar-refractivity contribution in [3.8, 4) is 0 Å². The maximum Gasteiger partial charge on any atom is 0.246 e. The monoisotopic (exact) mass is 176 g/mol. The zero-order chi connectivity index (χ0) is 9.40. The molecule has 0 aromatic carbocycles. The van der Waals surface area contributed by atoms with Crippen LogP contribution in [0.5, 0.6) is 0 Å². The van der Waals surface area contributed by atoms with Crippen molar-refractivity contribution in [2.24, 2.45) is 5.73 Å². The third kappa shape index (κ3) is 6.09. The molecule has 5 nitrogen and oxygen atoms in total. The van der Waals surface area contributed by atoms with Gasteiger partial charge in [-0.25, -0.2) is 0 Å². The van der Waals surface area contributed by atoms with E-state index in [0.717, 1.165) is 0 Å². The van der Waals surface area contributed by atoms with Crippen molar-refractivity contribution < 1.29 is 14.6 Å². The van der Waals surface area contributed by atoms with Crippen LogP contribution in [0.1, 0.15) is 6.92 Å². The van der Waals surface area contributed by atoms with Crippen molar-refractivity contribution in [1.82, 2.24) is 5.32 Å². The number of ether oxygens (including phenoxy) is 1. The summed E-state index contributed by atoms with van der Waals surface area (Å²) in [5.41, 5.74) is 5.15. The Bertz CT molecular complexity index is 130. The zero-order valence-electron chi connectivity index (χ0n) is 7.25. The predicted molar refractivity (Wildman–Crippen MR) is 44.6 cm³/mol. The van der Waals surface area contributed by atoms with Gasteiger partial charge in [-0.15, -0.1) is 0 Å². The maximum atomic E-state index is 10.9. The van der Waals surface area contributed by atoms with E-state index >= 15 is 0 Å². The first-order valence-electron chi connectivity index (χ1n) is 3.88. The first-order chi connectivity index (χ1) is 5.70. The average molecular weight is 176 g/mol. The Morgan fingerprint density at radius 2 is 2.42 bits per heavy atom. The summed E-state index contributed by atoms with van der Waals surface area (Å²) in [4.78, 5) is 10.9. The van der Waals surface area contributed by atoms with E-state index in [-0.39, 0.29) is 25.2 Å². The molecule has 0 aliphatic rings. The third-order valence-electron chi connectivity index (χ3n) is 1.18. The second kappa shape index (κ2) is 7.02. The van der Waals surface area contributed by atoms with Gasteiger partial charge in [-0.2, -0.15) is 0 Å². The Morgan fingerprint density at radius 1 is 1.75 bits per heavy atom. The largest absolute Gasteiger partial charge is 0.394 e. The lowest BCUT2D eigenvalue weighted by molar-refractivity contribution is -0.126. The fraction of sp³-hybridized carbons (Fsp3) is 0.857. The molecule has 1 atom stereocenters. The normalized spacial score (nSPS) is 12.6. The number of aliphatic hydroxyl groups excluding tert-OH is 1. The molecule has 0 radical (unpaired) electrons. The van der Waals surface area contributed by atoms with Crippen molar-refractivity contribution in [3.63, 3.8) is 0 Å². The highest BCUT2D eigenvalue weighted by Crippen LogP contribution is 1.79. The van der Waals surface area contributed by atoms with E-state index in [9.17, 15) is 4.79 Å². The Balaban J connectivity index is 3.33. The molecule has 1 unspecified atom stereocenters. The Labute approximate surface area is 71.9 Å². The lowest BCUT2D eigenvalue weighted by Crippen LogP contribution is -2.37. The van der Waals surface area contributed by atoms with Crippen molar-refractivity contribution >= 4 is 5.91 Å². The van der Waals surface area contributed by atoms with Gasteiger partial charge in [0.1, 0.15) is 6.61 Å². The number of carbonyl (C=O) groups excluding carboxylic acids is 1. The predicted octanol–water partition coefficient (Wildman–Crippen LogP) is -1.54. The number of nitrogens with two attached hydrogens (primary N) is 1. The molecule has 12 heavy (non-hydrogen) atoms. The molecule has 0 heterocycles. The Morgan fingerprint density at radius 3 is 2.92 bits per heavy atom. The minimum atomic E-state index is -0.231. The summed E-state index contributed by atoms with van der Waals surface area (Å²) in [5.74, 6) is -0.231. The number of rotatable bonds is 6. The lowest BCUT2D eigenvalue weighted by atomic mass is 10.3. The van der Waals surface area contributed by atoms with Crippen LogP contribution in [0.4, 0.5) is 0 Å². The summed E-state index contributed by atoms with van der Waals surface area (Å²) in [6.07, 6.45) is 0. The molecule has 4 N–H and O–H groups in total. The SMILES string of the molecule is CC(CO)NC(=O)COCCN. The Kier molecular flexibility index (Phi) is 6.64. The van der Waals surface area contributed by atoms with Gasteiger partial charge in [0.25, 0.3) is 0 Å². The van der Waals surface area contributed by atoms with Gasteiger partial charge in [0.05, 0.1) is 13.2 Å². The van der Waals surface area contributed by atoms with E-state index in [2.05, 4.69) is 5.32 Å². The smallest absolute Gasteiger partial charge is 0.246 e. The molecule has 72 valence electrons. The number of hydrogen-bond acceptors (Lipinski definition) is 4. The molecular formula is C7H16N2O3. The standard InChI is InChI=1S/C7H16N2O3/c1-6(4-10)9-7(11)5-12-3-2-8/h6,10H,2-5,8H2,1H3,(H,9,11). The van der Waals surface area contributed by atoms with Gasteiger partial charge in [0, 0.05) is 12.6 Å². The molecule has 1 amide bonds. The summed E-state index contributed by atoms with van der Waals surface area (Å²) in [6.45, 7) is 2.43. The minimum Gasteiger partial charge on any atom is -0.394 e. The van der Waals surface area contributed by atoms with Crippen LogP contribution in [0.25, 0.3) is 0 Å². The fourth-order valence-corrected chi connectivity index (χ4v) is 0.610. The molecule has 0 aliphatic carbocycles. The molecule has 0 spiro atoms. The number of aliphatic hydroxyl groups is 1. The second-order valence-electron chi connectivity index (χ2n) is 2.49. The average Bonchev–Trinajstić information content (AvgIpc) is 2.05. The highest BCUT2D eigenvalue weighted by atomic mass is 16.5. The Hall–Kier alpha value is -0.650. The fourth-order valence-electron chi connectivity index (χ4n) is 0.610. The number of amides is 1. The van der Waals surface area contributed by atoms with E-state index in [1.807, 2.05) is 0 Å². The van der Waals surface area contributed by atoms with Gasteiger partial charge in [0.15, 0.2) is 0 Å². The number of hydrogen-bond donors (Lipinski definition) is 3. The third-order valence-corrected chi connectivity index (χ3v) is 1.18. The minimum absolute atomic E-state index is 0.00153. The van der Waals surface area contributed by atoms with Crippen LogP contribution in [-0.4, -0.2) is 43.4 Å². The molecule has 0 saturated carbocycles. The van der Waals surface area contributed by atoms with Crippen LogP contribution in [0.15, 0.2) is 0 Å². The lowest BCUT2D eigenvalue weighted by Gasteiger charge is -2.10. The second-order valence-corrected chi connectivity index (χ2v) is 2.49. The van der Waals surface area contributed by atoms with Crippen LogP contribution in [0.2, 0.25) is 0 Å². The topological polar surface area (TPSA) is 84.6 Å². The summed E-state index contributed by atoms with van der Waals surface area (Å²) in [6, 6.07) is -0.223. The molecule has 0 aromatic rings. The van der Waals surface area contributed by atoms with E-state index in [1.165, 1.54) is 0 Å². The van der Waals surface area contributed by atoms with Gasteiger partial charge in [-0.05, 0) is 6.92 Å². The molecule has 0 saturated heterocycles. The van der Waals surface area contributed by atoms with Crippen LogP contribution in [0, 0.1) is 0 Å². The maximum absolute atomic E-state index is 10.9. The first kappa shape index (κ1) is 11.4. The van der Waals surface area contributed by atoms with E-state index < -0.39 is 0 Å². The van der Waals surface area contributed by atoms with Gasteiger partial charge in [-0.1, -0.05) is 0 Å². The van der Waals surface area contributed by atoms with Crippen LogP contribution >= 0.6 is 0 Å². The van der Waals surface area contributed by atoms with Gasteiger partial charge in [0.2, 0.25) is 5.91 Å². The van der Waals surface area contributed by atoms with Crippen molar-refractivity contribution in [3.05, 3.63) is 0 Å². The van der Waals surface area contributed by atoms with Gasteiger partial charge < -0.3 is 20.9 Å². The molecule has 0 aromatic heterocycles. The summed E-state index contributed by atoms with van der Waals surface area (Å²) in [5, 5.41) is 11.1.